The Morgan fingerprint density at radius 2 is 1.80 bits per heavy atom. The van der Waals surface area contributed by atoms with E-state index in [1.165, 1.54) is 0 Å². The van der Waals surface area contributed by atoms with Crippen molar-refractivity contribution >= 4 is 11.9 Å². The maximum Gasteiger partial charge on any atom is 0.358 e. The van der Waals surface area contributed by atoms with Gasteiger partial charge in [-0.2, -0.15) is 0 Å². The van der Waals surface area contributed by atoms with E-state index < -0.39 is 11.9 Å². The highest BCUT2D eigenvalue weighted by Crippen LogP contribution is 2.19. The summed E-state index contributed by atoms with van der Waals surface area (Å²) >= 11 is 0. The van der Waals surface area contributed by atoms with E-state index >= 15 is 0 Å². The summed E-state index contributed by atoms with van der Waals surface area (Å²) < 4.78 is 5.37. The molecule has 0 radical (unpaired) electrons. The highest BCUT2D eigenvalue weighted by Gasteiger charge is 2.16. The number of ether oxygens (including phenoxy) is 1. The number of hydrogen-bond acceptors (Lipinski definition) is 4. The number of hydrogen-bond donors (Lipinski definition) is 2. The van der Waals surface area contributed by atoms with Crippen molar-refractivity contribution in [2.75, 3.05) is 0 Å². The fourth-order valence-corrected chi connectivity index (χ4v) is 1.57. The first-order valence-electron chi connectivity index (χ1n) is 5.71. The van der Waals surface area contributed by atoms with Gasteiger partial charge in [0.15, 0.2) is 11.4 Å². The summed E-state index contributed by atoms with van der Waals surface area (Å²) in [6.07, 6.45) is 0.987. The van der Waals surface area contributed by atoms with Crippen molar-refractivity contribution in [1.82, 2.24) is 4.98 Å². The largest absolute Gasteiger partial charge is 0.486 e. The number of carbonyl (C=O) groups is 2. The van der Waals surface area contributed by atoms with Crippen LogP contribution in [0.3, 0.4) is 0 Å². The molecular weight excluding hydrogens is 262 g/mol. The first kappa shape index (κ1) is 13.5. The molecule has 102 valence electrons. The lowest BCUT2D eigenvalue weighted by Crippen LogP contribution is -2.08. The van der Waals surface area contributed by atoms with E-state index in [9.17, 15) is 9.59 Å². The van der Waals surface area contributed by atoms with Gasteiger partial charge in [-0.05, 0) is 11.6 Å². The monoisotopic (exact) mass is 273 g/mol. The minimum Gasteiger partial charge on any atom is -0.486 e. The standard InChI is InChI=1S/C14H11NO5/c16-13(17)10-6-11(12(14(18)19)15-7-10)20-8-9-4-2-1-3-5-9/h1-7H,8H2,(H,16,17)(H,18,19). The number of rotatable bonds is 5. The van der Waals surface area contributed by atoms with Gasteiger partial charge in [0.1, 0.15) is 6.61 Å². The average Bonchev–Trinajstić information content (AvgIpc) is 2.45. The van der Waals surface area contributed by atoms with Crippen LogP contribution in [0.25, 0.3) is 0 Å². The van der Waals surface area contributed by atoms with Crippen molar-refractivity contribution in [2.24, 2.45) is 0 Å². The molecule has 2 N–H and O–H groups in total. The first-order valence-corrected chi connectivity index (χ1v) is 5.71. The second-order valence-corrected chi connectivity index (χ2v) is 3.96. The maximum absolute atomic E-state index is 11.0. The molecule has 2 rings (SSSR count). The van der Waals surface area contributed by atoms with Crippen LogP contribution < -0.4 is 4.74 Å². The molecule has 6 nitrogen and oxygen atoms in total. The zero-order valence-electron chi connectivity index (χ0n) is 10.3. The lowest BCUT2D eigenvalue weighted by molar-refractivity contribution is 0.0670. The van der Waals surface area contributed by atoms with E-state index in [4.69, 9.17) is 14.9 Å². The molecule has 0 aliphatic heterocycles. The van der Waals surface area contributed by atoms with E-state index in [0.717, 1.165) is 17.8 Å². The average molecular weight is 273 g/mol. The Morgan fingerprint density at radius 1 is 1.10 bits per heavy atom. The molecule has 0 fully saturated rings. The van der Waals surface area contributed by atoms with Gasteiger partial charge < -0.3 is 14.9 Å². The molecule has 0 atom stereocenters. The highest BCUT2D eigenvalue weighted by atomic mass is 16.5. The van der Waals surface area contributed by atoms with Crippen molar-refractivity contribution in [3.63, 3.8) is 0 Å². The minimum atomic E-state index is -1.27. The first-order chi connectivity index (χ1) is 9.58. The van der Waals surface area contributed by atoms with Gasteiger partial charge in [0.25, 0.3) is 0 Å². The molecule has 0 unspecified atom stereocenters. The van der Waals surface area contributed by atoms with Gasteiger partial charge in [-0.1, -0.05) is 30.3 Å². The van der Waals surface area contributed by atoms with Crippen LogP contribution >= 0.6 is 0 Å². The Bertz CT molecular complexity index is 639. The van der Waals surface area contributed by atoms with Gasteiger partial charge in [0, 0.05) is 6.20 Å². The zero-order chi connectivity index (χ0) is 14.5. The van der Waals surface area contributed by atoms with Gasteiger partial charge in [0.05, 0.1) is 5.56 Å². The van der Waals surface area contributed by atoms with E-state index in [-0.39, 0.29) is 23.6 Å². The number of carboxylic acids is 2. The third kappa shape index (κ3) is 3.11. The van der Waals surface area contributed by atoms with E-state index in [0.29, 0.717) is 0 Å². The number of aromatic carboxylic acids is 2. The number of pyridine rings is 1. The van der Waals surface area contributed by atoms with Crippen LogP contribution in [0.2, 0.25) is 0 Å². The van der Waals surface area contributed by atoms with Crippen LogP contribution in [0.15, 0.2) is 42.6 Å². The normalized spacial score (nSPS) is 10.0. The summed E-state index contributed by atoms with van der Waals surface area (Å²) in [6, 6.07) is 10.3. The van der Waals surface area contributed by atoms with Gasteiger partial charge in [-0.15, -0.1) is 0 Å². The van der Waals surface area contributed by atoms with Crippen LogP contribution in [0, 0.1) is 0 Å². The third-order valence-electron chi connectivity index (χ3n) is 2.54. The maximum atomic E-state index is 11.0. The molecule has 0 spiro atoms. The molecule has 6 heteroatoms. The molecular formula is C14H11NO5. The summed E-state index contributed by atoms with van der Waals surface area (Å²) in [7, 11) is 0. The molecule has 0 amide bonds. The summed E-state index contributed by atoms with van der Waals surface area (Å²) in [6.45, 7) is 0.131. The smallest absolute Gasteiger partial charge is 0.358 e. The summed E-state index contributed by atoms with van der Waals surface area (Å²) in [4.78, 5) is 25.5. The highest BCUT2D eigenvalue weighted by molar-refractivity contribution is 5.92. The Kier molecular flexibility index (Phi) is 3.95. The second kappa shape index (κ2) is 5.83. The van der Waals surface area contributed by atoms with Crippen molar-refractivity contribution in [3.8, 4) is 5.75 Å². The molecule has 2 aromatic rings. The van der Waals surface area contributed by atoms with Gasteiger partial charge >= 0.3 is 11.9 Å². The molecule has 20 heavy (non-hydrogen) atoms. The fourth-order valence-electron chi connectivity index (χ4n) is 1.57. The Labute approximate surface area is 114 Å². The summed E-state index contributed by atoms with van der Waals surface area (Å²) in [5.41, 5.74) is 0.397. The molecule has 1 aromatic heterocycles. The molecule has 0 saturated carbocycles. The van der Waals surface area contributed by atoms with Crippen LogP contribution in [0.5, 0.6) is 5.75 Å². The number of nitrogens with zero attached hydrogens (tertiary/aromatic N) is 1. The molecule has 1 aromatic carbocycles. The number of carboxylic acid groups (broad SMARTS) is 2. The lowest BCUT2D eigenvalue weighted by Gasteiger charge is -2.09. The van der Waals surface area contributed by atoms with Gasteiger partial charge in [-0.3, -0.25) is 0 Å². The number of benzene rings is 1. The molecule has 0 aliphatic rings. The SMILES string of the molecule is O=C(O)c1cnc(C(=O)O)c(OCc2ccccc2)c1. The molecule has 0 saturated heterocycles. The van der Waals surface area contributed by atoms with Crippen molar-refractivity contribution in [3.05, 3.63) is 59.4 Å². The summed E-state index contributed by atoms with van der Waals surface area (Å²) in [5, 5.41) is 17.9. The van der Waals surface area contributed by atoms with Crippen LogP contribution in [-0.4, -0.2) is 27.1 Å². The Hall–Kier alpha value is -2.89. The quantitative estimate of drug-likeness (QED) is 0.865. The van der Waals surface area contributed by atoms with E-state index in [2.05, 4.69) is 4.98 Å². The molecule has 1 heterocycles. The van der Waals surface area contributed by atoms with E-state index in [1.807, 2.05) is 30.3 Å². The van der Waals surface area contributed by atoms with Crippen LogP contribution in [0.1, 0.15) is 26.4 Å². The number of aromatic nitrogens is 1. The lowest BCUT2D eigenvalue weighted by atomic mass is 10.2. The van der Waals surface area contributed by atoms with Gasteiger partial charge in [0.2, 0.25) is 0 Å². The topological polar surface area (TPSA) is 96.7 Å². The van der Waals surface area contributed by atoms with Crippen molar-refractivity contribution in [2.45, 2.75) is 6.61 Å². The Morgan fingerprint density at radius 3 is 2.40 bits per heavy atom. The Balaban J connectivity index is 2.26. The predicted molar refractivity (Wildman–Crippen MR) is 68.9 cm³/mol. The molecule has 0 aliphatic carbocycles. The van der Waals surface area contributed by atoms with Gasteiger partial charge in [-0.25, -0.2) is 14.6 Å². The van der Waals surface area contributed by atoms with E-state index in [1.54, 1.807) is 0 Å². The minimum absolute atomic E-state index is 0.0683. The summed E-state index contributed by atoms with van der Waals surface area (Å²) in [5.74, 6) is -2.54. The molecule has 0 bridgehead atoms. The van der Waals surface area contributed by atoms with Crippen molar-refractivity contribution in [1.29, 1.82) is 0 Å². The third-order valence-corrected chi connectivity index (χ3v) is 2.54. The van der Waals surface area contributed by atoms with Crippen LogP contribution in [0.4, 0.5) is 0 Å². The zero-order valence-corrected chi connectivity index (χ0v) is 10.3. The fraction of sp³-hybridized carbons (Fsp3) is 0.0714. The second-order valence-electron chi connectivity index (χ2n) is 3.96. The van der Waals surface area contributed by atoms with Crippen molar-refractivity contribution < 1.29 is 24.5 Å². The van der Waals surface area contributed by atoms with Crippen LogP contribution in [-0.2, 0) is 6.61 Å². The predicted octanol–water partition coefficient (Wildman–Crippen LogP) is 2.06.